The summed E-state index contributed by atoms with van der Waals surface area (Å²) in [6.07, 6.45) is 0. The van der Waals surface area contributed by atoms with Gasteiger partial charge >= 0.3 is 6.03 Å². The second-order valence-corrected chi connectivity index (χ2v) is 4.92. The standard InChI is InChI=1S/C14H18N2O3/c1-5-15-13(18)16(12(17)14(15,2)3)10-6-8-11(19-4)9-7-10/h6-9H,5H2,1-4H3. The minimum Gasteiger partial charge on any atom is -0.497 e. The van der Waals surface area contributed by atoms with E-state index in [9.17, 15) is 9.59 Å². The van der Waals surface area contributed by atoms with Gasteiger partial charge in [-0.25, -0.2) is 9.69 Å². The number of carbonyl (C=O) groups is 2. The molecule has 0 saturated carbocycles. The normalized spacial score (nSPS) is 18.1. The highest BCUT2D eigenvalue weighted by molar-refractivity contribution is 6.22. The highest BCUT2D eigenvalue weighted by Gasteiger charge is 2.50. The zero-order chi connectivity index (χ0) is 14.2. The van der Waals surface area contributed by atoms with Crippen LogP contribution in [0.5, 0.6) is 5.75 Å². The maximum absolute atomic E-state index is 12.4. The van der Waals surface area contributed by atoms with E-state index in [-0.39, 0.29) is 11.9 Å². The van der Waals surface area contributed by atoms with Crippen LogP contribution in [0.3, 0.4) is 0 Å². The summed E-state index contributed by atoms with van der Waals surface area (Å²) in [5.41, 5.74) is -0.231. The molecule has 102 valence electrons. The number of imide groups is 1. The van der Waals surface area contributed by atoms with E-state index >= 15 is 0 Å². The zero-order valence-corrected chi connectivity index (χ0v) is 11.6. The van der Waals surface area contributed by atoms with Gasteiger partial charge in [0.15, 0.2) is 0 Å². The summed E-state index contributed by atoms with van der Waals surface area (Å²) in [7, 11) is 1.57. The number of hydrogen-bond donors (Lipinski definition) is 0. The van der Waals surface area contributed by atoms with Gasteiger partial charge in [-0.2, -0.15) is 0 Å². The molecule has 0 unspecified atom stereocenters. The zero-order valence-electron chi connectivity index (χ0n) is 11.6. The van der Waals surface area contributed by atoms with E-state index in [4.69, 9.17) is 4.74 Å². The molecule has 1 heterocycles. The van der Waals surface area contributed by atoms with Crippen LogP contribution in [0, 0.1) is 0 Å². The van der Waals surface area contributed by atoms with Gasteiger partial charge in [0.2, 0.25) is 0 Å². The van der Waals surface area contributed by atoms with Gasteiger partial charge in [0.1, 0.15) is 11.3 Å². The van der Waals surface area contributed by atoms with Crippen molar-refractivity contribution in [3.63, 3.8) is 0 Å². The summed E-state index contributed by atoms with van der Waals surface area (Å²) in [4.78, 5) is 27.5. The van der Waals surface area contributed by atoms with Crippen LogP contribution >= 0.6 is 0 Å². The van der Waals surface area contributed by atoms with E-state index < -0.39 is 5.54 Å². The number of rotatable bonds is 3. The van der Waals surface area contributed by atoms with Gasteiger partial charge in [-0.1, -0.05) is 0 Å². The molecule has 0 bridgehead atoms. The SMILES string of the molecule is CCN1C(=O)N(c2ccc(OC)cc2)C(=O)C1(C)C. The highest BCUT2D eigenvalue weighted by atomic mass is 16.5. The smallest absolute Gasteiger partial charge is 0.332 e. The molecule has 0 aliphatic carbocycles. The lowest BCUT2D eigenvalue weighted by molar-refractivity contribution is -0.123. The quantitative estimate of drug-likeness (QED) is 0.785. The maximum atomic E-state index is 12.4. The van der Waals surface area contributed by atoms with Crippen molar-refractivity contribution in [2.24, 2.45) is 0 Å². The fraction of sp³-hybridized carbons (Fsp3) is 0.429. The van der Waals surface area contributed by atoms with Crippen LogP contribution in [0.1, 0.15) is 20.8 Å². The molecule has 0 aromatic heterocycles. The molecule has 0 N–H and O–H groups in total. The van der Waals surface area contributed by atoms with Crippen LogP contribution < -0.4 is 9.64 Å². The summed E-state index contributed by atoms with van der Waals surface area (Å²) < 4.78 is 5.07. The lowest BCUT2D eigenvalue weighted by Crippen LogP contribution is -2.43. The van der Waals surface area contributed by atoms with Crippen molar-refractivity contribution < 1.29 is 14.3 Å². The first-order chi connectivity index (χ1) is 8.93. The van der Waals surface area contributed by atoms with Crippen LogP contribution in [-0.4, -0.2) is 36.0 Å². The number of methoxy groups -OCH3 is 1. The van der Waals surface area contributed by atoms with Gasteiger partial charge in [0.05, 0.1) is 12.8 Å². The van der Waals surface area contributed by atoms with Crippen LogP contribution in [0.2, 0.25) is 0 Å². The molecule has 0 atom stereocenters. The molecule has 1 aromatic carbocycles. The lowest BCUT2D eigenvalue weighted by Gasteiger charge is -2.25. The maximum Gasteiger partial charge on any atom is 0.332 e. The Morgan fingerprint density at radius 3 is 2.16 bits per heavy atom. The summed E-state index contributed by atoms with van der Waals surface area (Å²) in [6.45, 7) is 5.90. The number of nitrogens with zero attached hydrogens (tertiary/aromatic N) is 2. The van der Waals surface area contributed by atoms with E-state index in [0.717, 1.165) is 0 Å². The predicted molar refractivity (Wildman–Crippen MR) is 72.3 cm³/mol. The van der Waals surface area contributed by atoms with Crippen molar-refractivity contribution in [3.05, 3.63) is 24.3 Å². The monoisotopic (exact) mass is 262 g/mol. The van der Waals surface area contributed by atoms with E-state index in [2.05, 4.69) is 0 Å². The third kappa shape index (κ3) is 1.95. The van der Waals surface area contributed by atoms with E-state index in [1.165, 1.54) is 4.90 Å². The number of anilines is 1. The molecule has 0 spiro atoms. The minimum absolute atomic E-state index is 0.204. The number of benzene rings is 1. The predicted octanol–water partition coefficient (Wildman–Crippen LogP) is 2.26. The molecule has 5 heteroatoms. The third-order valence-electron chi connectivity index (χ3n) is 3.47. The summed E-state index contributed by atoms with van der Waals surface area (Å²) in [6, 6.07) is 6.62. The third-order valence-corrected chi connectivity index (χ3v) is 3.47. The first-order valence-corrected chi connectivity index (χ1v) is 6.23. The average molecular weight is 262 g/mol. The topological polar surface area (TPSA) is 49.9 Å². The lowest BCUT2D eigenvalue weighted by atomic mass is 10.0. The fourth-order valence-electron chi connectivity index (χ4n) is 2.33. The summed E-state index contributed by atoms with van der Waals surface area (Å²) in [5.74, 6) is 0.485. The highest BCUT2D eigenvalue weighted by Crippen LogP contribution is 2.32. The number of likely N-dealkylation sites (N-methyl/N-ethyl adjacent to an activating group) is 1. The van der Waals surface area contributed by atoms with Gasteiger partial charge in [-0.05, 0) is 45.0 Å². The molecular weight excluding hydrogens is 244 g/mol. The fourth-order valence-corrected chi connectivity index (χ4v) is 2.33. The molecular formula is C14H18N2O3. The summed E-state index contributed by atoms with van der Waals surface area (Å²) in [5, 5.41) is 0. The molecule has 1 fully saturated rings. The van der Waals surface area contributed by atoms with Crippen molar-refractivity contribution in [1.82, 2.24) is 4.90 Å². The van der Waals surface area contributed by atoms with Crippen molar-refractivity contribution >= 4 is 17.6 Å². The number of hydrogen-bond acceptors (Lipinski definition) is 3. The Hall–Kier alpha value is -2.04. The van der Waals surface area contributed by atoms with Crippen molar-refractivity contribution in [2.75, 3.05) is 18.6 Å². The number of carbonyl (C=O) groups excluding carboxylic acids is 2. The minimum atomic E-state index is -0.800. The molecule has 3 amide bonds. The number of urea groups is 1. The molecule has 5 nitrogen and oxygen atoms in total. The Morgan fingerprint density at radius 2 is 1.74 bits per heavy atom. The Bertz CT molecular complexity index is 508. The average Bonchev–Trinajstić information content (AvgIpc) is 2.56. The second kappa shape index (κ2) is 4.57. The molecule has 2 rings (SSSR count). The van der Waals surface area contributed by atoms with Gasteiger partial charge in [-0.3, -0.25) is 4.79 Å². The first-order valence-electron chi connectivity index (χ1n) is 6.23. The van der Waals surface area contributed by atoms with Crippen LogP contribution in [-0.2, 0) is 4.79 Å². The molecule has 0 radical (unpaired) electrons. The number of ether oxygens (including phenoxy) is 1. The largest absolute Gasteiger partial charge is 0.497 e. The van der Waals surface area contributed by atoms with Crippen molar-refractivity contribution in [1.29, 1.82) is 0 Å². The van der Waals surface area contributed by atoms with Crippen LogP contribution in [0.25, 0.3) is 0 Å². The van der Waals surface area contributed by atoms with Gasteiger partial charge < -0.3 is 9.64 Å². The Labute approximate surface area is 112 Å². The van der Waals surface area contributed by atoms with E-state index in [1.807, 2.05) is 6.92 Å². The van der Waals surface area contributed by atoms with Crippen molar-refractivity contribution in [2.45, 2.75) is 26.3 Å². The summed E-state index contributed by atoms with van der Waals surface area (Å²) >= 11 is 0. The number of amides is 3. The molecule has 1 aliphatic rings. The molecule has 1 aromatic rings. The molecule has 1 saturated heterocycles. The van der Waals surface area contributed by atoms with Crippen molar-refractivity contribution in [3.8, 4) is 5.75 Å². The molecule has 19 heavy (non-hydrogen) atoms. The van der Waals surface area contributed by atoms with E-state index in [0.29, 0.717) is 18.0 Å². The Balaban J connectivity index is 2.39. The van der Waals surface area contributed by atoms with Gasteiger partial charge in [0.25, 0.3) is 5.91 Å². The molecule has 1 aliphatic heterocycles. The van der Waals surface area contributed by atoms with Crippen LogP contribution in [0.15, 0.2) is 24.3 Å². The first kappa shape index (κ1) is 13.4. The van der Waals surface area contributed by atoms with Gasteiger partial charge in [0, 0.05) is 6.54 Å². The van der Waals surface area contributed by atoms with Gasteiger partial charge in [-0.15, -0.1) is 0 Å². The Morgan fingerprint density at radius 1 is 1.16 bits per heavy atom. The van der Waals surface area contributed by atoms with E-state index in [1.54, 1.807) is 50.1 Å². The van der Waals surface area contributed by atoms with Crippen LogP contribution in [0.4, 0.5) is 10.5 Å². The second-order valence-electron chi connectivity index (χ2n) is 4.92. The Kier molecular flexibility index (Phi) is 3.22.